The predicted molar refractivity (Wildman–Crippen MR) is 160 cm³/mol. The van der Waals surface area contributed by atoms with E-state index in [0.29, 0.717) is 22.8 Å². The number of nitrogens with one attached hydrogen (secondary N) is 1. The van der Waals surface area contributed by atoms with Crippen LogP contribution in [0.3, 0.4) is 0 Å². The molecule has 1 saturated carbocycles. The molecule has 4 heterocycles. The van der Waals surface area contributed by atoms with Gasteiger partial charge in [0.1, 0.15) is 22.1 Å². The molecular formula is C30H33F2N7O4S. The number of halogens is 2. The second-order valence-electron chi connectivity index (χ2n) is 10.7. The number of hydrogen-bond donors (Lipinski definition) is 1. The topological polar surface area (TPSA) is 126 Å². The van der Waals surface area contributed by atoms with Crippen molar-refractivity contribution >= 4 is 28.9 Å². The normalized spacial score (nSPS) is 16.5. The molecule has 0 aromatic carbocycles. The van der Waals surface area contributed by atoms with Gasteiger partial charge in [-0.25, -0.2) is 23.8 Å². The Labute approximate surface area is 256 Å². The highest BCUT2D eigenvalue weighted by molar-refractivity contribution is 7.13. The fourth-order valence-corrected chi connectivity index (χ4v) is 5.60. The molecular weight excluding hydrogens is 592 g/mol. The van der Waals surface area contributed by atoms with Crippen molar-refractivity contribution in [2.45, 2.75) is 72.3 Å². The Hall–Kier alpha value is -4.30. The van der Waals surface area contributed by atoms with Crippen molar-refractivity contribution in [3.63, 3.8) is 0 Å². The molecule has 0 bridgehead atoms. The molecule has 11 nitrogen and oxygen atoms in total. The van der Waals surface area contributed by atoms with E-state index in [1.807, 2.05) is 20.8 Å². The van der Waals surface area contributed by atoms with E-state index < -0.39 is 23.6 Å². The summed E-state index contributed by atoms with van der Waals surface area (Å²) in [5, 5.41) is 13.6. The zero-order valence-electron chi connectivity index (χ0n) is 24.8. The van der Waals surface area contributed by atoms with Crippen LogP contribution < -0.4 is 5.32 Å². The summed E-state index contributed by atoms with van der Waals surface area (Å²) >= 11 is 1.23. The van der Waals surface area contributed by atoms with Crippen molar-refractivity contribution in [1.29, 1.82) is 0 Å². The minimum atomic E-state index is -0.864. The minimum absolute atomic E-state index is 0.000321. The SMILES string of the molecule is CCOC1CCC(n2cc(NC(=O)c3csc(-c4cnn(COC(=O)C(C)=C(C)C)c4)n3)c(-c3nc(F)ccc3F)n2)CC1. The van der Waals surface area contributed by atoms with Crippen LogP contribution in [0.4, 0.5) is 14.5 Å². The molecule has 4 aromatic rings. The maximum Gasteiger partial charge on any atom is 0.335 e. The fourth-order valence-electron chi connectivity index (χ4n) is 4.82. The Morgan fingerprint density at radius 3 is 2.57 bits per heavy atom. The van der Waals surface area contributed by atoms with Crippen molar-refractivity contribution in [1.82, 2.24) is 29.5 Å². The van der Waals surface area contributed by atoms with E-state index in [2.05, 4.69) is 25.5 Å². The molecule has 0 spiro atoms. The summed E-state index contributed by atoms with van der Waals surface area (Å²) in [4.78, 5) is 33.6. The van der Waals surface area contributed by atoms with Crippen LogP contribution in [0.1, 0.15) is 69.9 Å². The number of hydrogen-bond acceptors (Lipinski definition) is 9. The van der Waals surface area contributed by atoms with Crippen molar-refractivity contribution in [2.24, 2.45) is 0 Å². The molecule has 0 aliphatic heterocycles. The zero-order valence-corrected chi connectivity index (χ0v) is 25.7. The number of pyridine rings is 1. The molecule has 1 N–H and O–H groups in total. The number of nitrogens with zero attached hydrogens (tertiary/aromatic N) is 6. The monoisotopic (exact) mass is 625 g/mol. The molecule has 4 aromatic heterocycles. The van der Waals surface area contributed by atoms with Crippen LogP contribution in [0.25, 0.3) is 22.0 Å². The quantitative estimate of drug-likeness (QED) is 0.126. The molecule has 14 heteroatoms. The molecule has 5 rings (SSSR count). The number of esters is 1. The maximum absolute atomic E-state index is 14.8. The van der Waals surface area contributed by atoms with E-state index in [1.54, 1.807) is 35.6 Å². The van der Waals surface area contributed by atoms with E-state index in [9.17, 15) is 18.4 Å². The number of aromatic nitrogens is 6. The molecule has 44 heavy (non-hydrogen) atoms. The first-order valence-electron chi connectivity index (χ1n) is 14.3. The Morgan fingerprint density at radius 1 is 1.07 bits per heavy atom. The Bertz CT molecular complexity index is 1680. The number of allylic oxidation sites excluding steroid dienone is 1. The van der Waals surface area contributed by atoms with Crippen LogP contribution >= 0.6 is 11.3 Å². The highest BCUT2D eigenvalue weighted by Crippen LogP contribution is 2.34. The van der Waals surface area contributed by atoms with Crippen LogP contribution in [0.5, 0.6) is 0 Å². The maximum atomic E-state index is 14.8. The van der Waals surface area contributed by atoms with Gasteiger partial charge in [-0.3, -0.25) is 9.48 Å². The third-order valence-electron chi connectivity index (χ3n) is 7.44. The fraction of sp³-hybridized carbons (Fsp3) is 0.400. The van der Waals surface area contributed by atoms with Crippen LogP contribution in [0.15, 0.2) is 47.2 Å². The molecule has 1 amide bonds. The highest BCUT2D eigenvalue weighted by Gasteiger charge is 2.27. The van der Waals surface area contributed by atoms with E-state index in [-0.39, 0.29) is 41.6 Å². The zero-order chi connectivity index (χ0) is 31.4. The van der Waals surface area contributed by atoms with Gasteiger partial charge in [0.15, 0.2) is 12.5 Å². The summed E-state index contributed by atoms with van der Waals surface area (Å²) in [6, 6.07) is 1.91. The third kappa shape index (κ3) is 7.08. The van der Waals surface area contributed by atoms with Crippen LogP contribution in [-0.4, -0.2) is 54.1 Å². The number of amides is 1. The van der Waals surface area contributed by atoms with Crippen LogP contribution in [0.2, 0.25) is 0 Å². The lowest BCUT2D eigenvalue weighted by molar-refractivity contribution is -0.143. The number of carbonyl (C=O) groups is 2. The van der Waals surface area contributed by atoms with E-state index in [4.69, 9.17) is 9.47 Å². The predicted octanol–water partition coefficient (Wildman–Crippen LogP) is 6.17. The number of ether oxygens (including phenoxy) is 2. The molecule has 1 aliphatic rings. The lowest BCUT2D eigenvalue weighted by Gasteiger charge is -2.28. The van der Waals surface area contributed by atoms with E-state index in [0.717, 1.165) is 43.4 Å². The molecule has 0 atom stereocenters. The first-order valence-corrected chi connectivity index (χ1v) is 15.1. The number of carbonyl (C=O) groups excluding carboxylic acids is 2. The Morgan fingerprint density at radius 2 is 1.84 bits per heavy atom. The lowest BCUT2D eigenvalue weighted by atomic mass is 9.93. The van der Waals surface area contributed by atoms with Gasteiger partial charge < -0.3 is 14.8 Å². The molecule has 0 radical (unpaired) electrons. The third-order valence-corrected chi connectivity index (χ3v) is 8.33. The summed E-state index contributed by atoms with van der Waals surface area (Å²) in [6.07, 6.45) is 8.29. The van der Waals surface area contributed by atoms with Crippen molar-refractivity contribution in [3.8, 4) is 22.0 Å². The Kier molecular flexibility index (Phi) is 9.59. The molecule has 0 unspecified atom stereocenters. The first kappa shape index (κ1) is 31.1. The molecule has 1 aliphatic carbocycles. The standard InChI is InChI=1S/C30H33F2N7O4S/c1-5-42-21-8-6-20(7-9-21)39-14-23(27(37-39)26-22(31)10-11-25(32)36-26)34-28(40)24-15-44-29(35-24)19-12-33-38(13-19)16-43-30(41)18(4)17(2)3/h10-15,20-21H,5-9,16H2,1-4H3,(H,34,40). The smallest absolute Gasteiger partial charge is 0.335 e. The van der Waals surface area contributed by atoms with Crippen molar-refractivity contribution in [2.75, 3.05) is 11.9 Å². The van der Waals surface area contributed by atoms with Gasteiger partial charge in [-0.1, -0.05) is 5.57 Å². The number of rotatable bonds is 10. The average Bonchev–Trinajstić information content (AvgIpc) is 3.77. The molecule has 1 fully saturated rings. The first-order chi connectivity index (χ1) is 21.1. The summed E-state index contributed by atoms with van der Waals surface area (Å²) in [6.45, 7) is 7.89. The molecule has 232 valence electrons. The van der Waals surface area contributed by atoms with Crippen LogP contribution in [-0.2, 0) is 21.0 Å². The number of thiazole rings is 1. The minimum Gasteiger partial charge on any atom is -0.439 e. The van der Waals surface area contributed by atoms with Gasteiger partial charge in [-0.15, -0.1) is 11.3 Å². The summed E-state index contributed by atoms with van der Waals surface area (Å²) in [5.41, 5.74) is 2.07. The van der Waals surface area contributed by atoms with Gasteiger partial charge in [0, 0.05) is 35.5 Å². The average molecular weight is 626 g/mol. The second-order valence-corrected chi connectivity index (χ2v) is 11.5. The lowest BCUT2D eigenvalue weighted by Crippen LogP contribution is -2.24. The van der Waals surface area contributed by atoms with Crippen molar-refractivity contribution in [3.05, 3.63) is 64.7 Å². The summed E-state index contributed by atoms with van der Waals surface area (Å²) in [7, 11) is 0. The summed E-state index contributed by atoms with van der Waals surface area (Å²) in [5.74, 6) is -2.60. The largest absolute Gasteiger partial charge is 0.439 e. The Balaban J connectivity index is 1.33. The van der Waals surface area contributed by atoms with Gasteiger partial charge >= 0.3 is 5.97 Å². The van der Waals surface area contributed by atoms with E-state index >= 15 is 0 Å². The van der Waals surface area contributed by atoms with Gasteiger partial charge in [0.25, 0.3) is 5.91 Å². The van der Waals surface area contributed by atoms with E-state index in [1.165, 1.54) is 16.0 Å². The van der Waals surface area contributed by atoms with Crippen molar-refractivity contribution < 1.29 is 27.8 Å². The van der Waals surface area contributed by atoms with Gasteiger partial charge in [0.2, 0.25) is 5.95 Å². The summed E-state index contributed by atoms with van der Waals surface area (Å²) < 4.78 is 43.0. The van der Waals surface area contributed by atoms with Crippen LogP contribution in [0, 0.1) is 11.8 Å². The van der Waals surface area contributed by atoms with Gasteiger partial charge in [0.05, 0.1) is 24.0 Å². The molecule has 0 saturated heterocycles. The van der Waals surface area contributed by atoms with Gasteiger partial charge in [-0.05, 0) is 65.5 Å². The highest BCUT2D eigenvalue weighted by atomic mass is 32.1. The second kappa shape index (κ2) is 13.6. The number of anilines is 1. The van der Waals surface area contributed by atoms with Gasteiger partial charge in [-0.2, -0.15) is 14.6 Å².